The van der Waals surface area contributed by atoms with Crippen LogP contribution in [-0.2, 0) is 14.3 Å². The predicted molar refractivity (Wildman–Crippen MR) is 162 cm³/mol. The fourth-order valence-corrected chi connectivity index (χ4v) is 9.27. The highest BCUT2D eigenvalue weighted by Crippen LogP contribution is 2.70. The molecule has 3 fully saturated rings. The summed E-state index contributed by atoms with van der Waals surface area (Å²) in [6.07, 6.45) is 0.998. The number of ketones is 1. The topological polar surface area (TPSA) is 71.4 Å². The lowest BCUT2D eigenvalue weighted by Crippen LogP contribution is -2.52. The van der Waals surface area contributed by atoms with Gasteiger partial charge in [0.05, 0.1) is 24.3 Å². The second-order valence-corrected chi connectivity index (χ2v) is 13.4. The minimum Gasteiger partial charge on any atom is -0.411 e. The fraction of sp³-hybridized carbons (Fsp3) is 0.600. The molecule has 6 nitrogen and oxygen atoms in total. The molecule has 5 aliphatic rings. The summed E-state index contributed by atoms with van der Waals surface area (Å²) in [5, 5.41) is 13.1. The van der Waals surface area contributed by atoms with Crippen LogP contribution in [0.1, 0.15) is 63.9 Å². The van der Waals surface area contributed by atoms with E-state index in [2.05, 4.69) is 47.2 Å². The third kappa shape index (κ3) is 5.18. The molecule has 0 aromatic heterocycles. The summed E-state index contributed by atoms with van der Waals surface area (Å²) in [5.74, 6) is 3.97. The Balaban J connectivity index is 1.51. The molecule has 1 N–H and O–H groups in total. The second-order valence-electron chi connectivity index (χ2n) is 13.4. The lowest BCUT2D eigenvalue weighted by molar-refractivity contribution is -0.136. The van der Waals surface area contributed by atoms with Crippen molar-refractivity contribution in [2.45, 2.75) is 64.5 Å². The number of Topliss-reactive ketones (excluding diaryl/α,β-unsaturated/α-hetero) is 1. The molecule has 236 valence electrons. The smallest absolute Gasteiger partial charge is 0.411 e. The third-order valence-corrected chi connectivity index (χ3v) is 11.3. The van der Waals surface area contributed by atoms with E-state index in [0.717, 1.165) is 37.2 Å². The summed E-state index contributed by atoms with van der Waals surface area (Å²) in [6, 6.07) is 8.58. The van der Waals surface area contributed by atoms with Gasteiger partial charge in [-0.15, -0.1) is 0 Å². The number of carbonyl (C=O) groups is 1. The number of fused-ring (bicyclic) bond motifs is 4. The molecule has 9 heteroatoms. The molecule has 44 heavy (non-hydrogen) atoms. The molecule has 0 bridgehead atoms. The van der Waals surface area contributed by atoms with E-state index in [1.54, 1.807) is 0 Å². The third-order valence-electron chi connectivity index (χ3n) is 11.3. The van der Waals surface area contributed by atoms with Gasteiger partial charge in [0.15, 0.2) is 5.78 Å². The molecule has 1 aromatic carbocycles. The van der Waals surface area contributed by atoms with Gasteiger partial charge in [0.2, 0.25) is 0 Å². The number of halogens is 3. The van der Waals surface area contributed by atoms with E-state index >= 15 is 0 Å². The molecule has 6 rings (SSSR count). The summed E-state index contributed by atoms with van der Waals surface area (Å²) in [7, 11) is 1.41. The minimum atomic E-state index is -4.70. The minimum absolute atomic E-state index is 0.00844. The molecule has 1 unspecified atom stereocenters. The Hall–Kier alpha value is -3.09. The van der Waals surface area contributed by atoms with Crippen LogP contribution in [0.3, 0.4) is 0 Å². The molecule has 1 aromatic rings. The first kappa shape index (κ1) is 30.9. The largest absolute Gasteiger partial charge is 0.457 e. The summed E-state index contributed by atoms with van der Waals surface area (Å²) in [4.78, 5) is 16.2. The van der Waals surface area contributed by atoms with E-state index in [0.29, 0.717) is 44.6 Å². The Morgan fingerprint density at radius 2 is 1.93 bits per heavy atom. The van der Waals surface area contributed by atoms with Crippen LogP contribution in [0.5, 0.6) is 0 Å². The number of methoxy groups -OCH3 is 1. The quantitative estimate of drug-likeness (QED) is 0.228. The van der Waals surface area contributed by atoms with Crippen molar-refractivity contribution in [1.29, 1.82) is 0 Å². The van der Waals surface area contributed by atoms with E-state index in [4.69, 9.17) is 9.47 Å². The standard InChI is InChI=1S/C35H41F3N2O4/c1-22-18-28-30-10-11-34(31(41)21-43-3,12-13-35(36,37)38)33(30,2)20-29(32(28)26-9-6-24(39-42)19-27(22)26)23-4-7-25(8-5-23)40-14-16-44-17-15-40/h4-5,7-8,19,22,28-30,42H,6,9-11,14-18,20-21H2,1-3H3/b39-24+/t22?,28-,29+,30-,33-,34-/m0/s1. The fourth-order valence-electron chi connectivity index (χ4n) is 9.27. The Morgan fingerprint density at radius 3 is 2.59 bits per heavy atom. The monoisotopic (exact) mass is 610 g/mol. The number of benzene rings is 1. The van der Waals surface area contributed by atoms with Gasteiger partial charge in [0, 0.05) is 37.7 Å². The Morgan fingerprint density at radius 1 is 1.20 bits per heavy atom. The first-order valence-electron chi connectivity index (χ1n) is 15.7. The number of carbonyl (C=O) groups excluding carboxylic acids is 1. The zero-order chi connectivity index (χ0) is 31.3. The number of allylic oxidation sites excluding steroid dienone is 4. The molecule has 6 atom stereocenters. The number of hydrogen-bond acceptors (Lipinski definition) is 6. The number of alkyl halides is 3. The number of nitrogens with zero attached hydrogens (tertiary/aromatic N) is 2. The number of oxime groups is 1. The number of ether oxygens (including phenoxy) is 2. The van der Waals surface area contributed by atoms with Crippen LogP contribution in [0.15, 0.2) is 52.2 Å². The van der Waals surface area contributed by atoms with Crippen LogP contribution in [0.25, 0.3) is 0 Å². The average Bonchev–Trinajstić information content (AvgIpc) is 3.32. The van der Waals surface area contributed by atoms with Crippen molar-refractivity contribution in [2.75, 3.05) is 44.9 Å². The van der Waals surface area contributed by atoms with Crippen LogP contribution in [0.2, 0.25) is 0 Å². The molecule has 0 radical (unpaired) electrons. The van der Waals surface area contributed by atoms with Gasteiger partial charge in [-0.2, -0.15) is 13.2 Å². The number of hydrogen-bond donors (Lipinski definition) is 1. The second kappa shape index (κ2) is 11.7. The maximum absolute atomic E-state index is 13.9. The lowest BCUT2D eigenvalue weighted by Gasteiger charge is -2.55. The van der Waals surface area contributed by atoms with Crippen molar-refractivity contribution in [2.24, 2.45) is 33.7 Å². The van der Waals surface area contributed by atoms with Crippen molar-refractivity contribution < 1.29 is 32.6 Å². The molecule has 1 aliphatic heterocycles. The first-order valence-corrected chi connectivity index (χ1v) is 15.7. The van der Waals surface area contributed by atoms with Crippen LogP contribution in [0, 0.1) is 40.4 Å². The summed E-state index contributed by atoms with van der Waals surface area (Å²) >= 11 is 0. The maximum Gasteiger partial charge on any atom is 0.457 e. The molecule has 2 saturated carbocycles. The Labute approximate surface area is 257 Å². The highest BCUT2D eigenvalue weighted by atomic mass is 19.4. The van der Waals surface area contributed by atoms with E-state index in [9.17, 15) is 23.2 Å². The van der Waals surface area contributed by atoms with Gasteiger partial charge in [-0.25, -0.2) is 0 Å². The SMILES string of the molecule is COCC(=O)[C@@]1(C#CC(F)(F)F)CC[C@H]2[C@@H]3CC(C)C4=C/C(=N/O)CCC4=C3[C@@H](c3ccc(N4CCOCC4)cc3)C[C@@]21C. The predicted octanol–water partition coefficient (Wildman–Crippen LogP) is 6.70. The molecule has 4 aliphatic carbocycles. The van der Waals surface area contributed by atoms with Crippen LogP contribution in [0.4, 0.5) is 18.9 Å². The average molecular weight is 611 g/mol. The van der Waals surface area contributed by atoms with Crippen molar-refractivity contribution in [3.8, 4) is 11.8 Å². The van der Waals surface area contributed by atoms with Crippen LogP contribution < -0.4 is 4.90 Å². The van der Waals surface area contributed by atoms with Gasteiger partial charge in [0.25, 0.3) is 0 Å². The van der Waals surface area contributed by atoms with Gasteiger partial charge in [-0.1, -0.05) is 42.6 Å². The first-order chi connectivity index (χ1) is 21.0. The van der Waals surface area contributed by atoms with Crippen LogP contribution in [-0.4, -0.2) is 62.9 Å². The van der Waals surface area contributed by atoms with Crippen molar-refractivity contribution in [1.82, 2.24) is 0 Å². The number of morpholine rings is 1. The summed E-state index contributed by atoms with van der Waals surface area (Å²) in [6.45, 7) is 6.95. The van der Waals surface area contributed by atoms with Crippen molar-refractivity contribution in [3.63, 3.8) is 0 Å². The molecule has 0 amide bonds. The zero-order valence-corrected chi connectivity index (χ0v) is 25.7. The molecule has 1 heterocycles. The van der Waals surface area contributed by atoms with E-state index in [1.165, 1.54) is 29.7 Å². The van der Waals surface area contributed by atoms with Crippen molar-refractivity contribution in [3.05, 3.63) is 52.6 Å². The van der Waals surface area contributed by atoms with E-state index < -0.39 is 17.0 Å². The van der Waals surface area contributed by atoms with Gasteiger partial charge >= 0.3 is 6.18 Å². The molecule has 1 saturated heterocycles. The zero-order valence-electron chi connectivity index (χ0n) is 25.7. The summed E-state index contributed by atoms with van der Waals surface area (Å²) in [5.41, 5.74) is 4.52. The Bertz CT molecular complexity index is 1450. The number of rotatable bonds is 5. The lowest BCUT2D eigenvalue weighted by atomic mass is 9.47. The molecular formula is C35H41F3N2O4. The normalized spacial score (nSPS) is 34.5. The van der Waals surface area contributed by atoms with Gasteiger partial charge in [-0.3, -0.25) is 4.79 Å². The Kier molecular flexibility index (Phi) is 8.21. The summed E-state index contributed by atoms with van der Waals surface area (Å²) < 4.78 is 51.6. The van der Waals surface area contributed by atoms with E-state index in [1.807, 2.05) is 13.0 Å². The van der Waals surface area contributed by atoms with Gasteiger partial charge in [0.1, 0.15) is 6.61 Å². The molecule has 0 spiro atoms. The highest BCUT2D eigenvalue weighted by molar-refractivity contribution is 5.97. The van der Waals surface area contributed by atoms with Crippen LogP contribution >= 0.6 is 0 Å². The molecular weight excluding hydrogens is 569 g/mol. The van der Waals surface area contributed by atoms with Gasteiger partial charge in [-0.05, 0) is 96.6 Å². The highest BCUT2D eigenvalue weighted by Gasteiger charge is 2.66. The van der Waals surface area contributed by atoms with Gasteiger partial charge < -0.3 is 19.6 Å². The number of anilines is 1. The van der Waals surface area contributed by atoms with Crippen molar-refractivity contribution >= 4 is 17.2 Å². The maximum atomic E-state index is 13.9. The van der Waals surface area contributed by atoms with E-state index in [-0.39, 0.29) is 36.1 Å².